The Morgan fingerprint density at radius 2 is 1.38 bits per heavy atom. The number of allylic oxidation sites excluding steroid dienone is 2. The minimum atomic E-state index is -1.13. The van der Waals surface area contributed by atoms with E-state index in [1.165, 1.54) is 0 Å². The summed E-state index contributed by atoms with van der Waals surface area (Å²) in [5.74, 6) is -0.141. The number of ketones is 1. The van der Waals surface area contributed by atoms with E-state index in [4.69, 9.17) is 0 Å². The molecule has 0 saturated carbocycles. The predicted octanol–water partition coefficient (Wildman–Crippen LogP) is 3.64. The Kier molecular flexibility index (Phi) is 2.99. The highest BCUT2D eigenvalue weighted by Crippen LogP contribution is 2.52. The molecule has 0 spiro atoms. The summed E-state index contributed by atoms with van der Waals surface area (Å²) >= 11 is 0. The Morgan fingerprint density at radius 3 is 1.81 bits per heavy atom. The predicted molar refractivity (Wildman–Crippen MR) is 81.5 cm³/mol. The van der Waals surface area contributed by atoms with Crippen LogP contribution in [0.3, 0.4) is 0 Å². The zero-order valence-electron chi connectivity index (χ0n) is 11.8. The van der Waals surface area contributed by atoms with Gasteiger partial charge in [-0.2, -0.15) is 5.26 Å². The summed E-state index contributed by atoms with van der Waals surface area (Å²) < 4.78 is 0. The molecule has 0 aliphatic heterocycles. The average molecular weight is 273 g/mol. The molecule has 0 bridgehead atoms. The van der Waals surface area contributed by atoms with Gasteiger partial charge in [0.25, 0.3) is 0 Å². The van der Waals surface area contributed by atoms with Crippen molar-refractivity contribution in [1.29, 1.82) is 5.26 Å². The summed E-state index contributed by atoms with van der Waals surface area (Å²) in [6, 6.07) is 21.8. The van der Waals surface area contributed by atoms with E-state index >= 15 is 0 Å². The molecule has 2 heteroatoms. The normalized spacial score (nSPS) is 23.0. The number of hydrogen-bond acceptors (Lipinski definition) is 2. The maximum absolute atomic E-state index is 12.4. The van der Waals surface area contributed by atoms with Crippen LogP contribution in [0.5, 0.6) is 0 Å². The van der Waals surface area contributed by atoms with Crippen molar-refractivity contribution in [2.75, 3.05) is 0 Å². The van der Waals surface area contributed by atoms with Gasteiger partial charge in [0.2, 0.25) is 0 Å². The highest BCUT2D eigenvalue weighted by atomic mass is 16.1. The SMILES string of the molecule is CC1(C#N)C(=O)C=CC1(c1ccccc1)c1ccccc1. The summed E-state index contributed by atoms with van der Waals surface area (Å²) in [7, 11) is 0. The van der Waals surface area contributed by atoms with Crippen molar-refractivity contribution in [3.8, 4) is 6.07 Å². The number of nitrogens with zero attached hydrogens (tertiary/aromatic N) is 1. The summed E-state index contributed by atoms with van der Waals surface area (Å²) in [4.78, 5) is 12.4. The third-order valence-corrected chi connectivity index (χ3v) is 4.45. The van der Waals surface area contributed by atoms with Crippen LogP contribution < -0.4 is 0 Å². The molecule has 0 amide bonds. The standard InChI is InChI=1S/C19H15NO/c1-18(14-20)17(21)12-13-19(18,15-8-4-2-5-9-15)16-10-6-3-7-11-16/h2-13H,1H3. The molecule has 1 aliphatic rings. The van der Waals surface area contributed by atoms with E-state index in [9.17, 15) is 10.1 Å². The van der Waals surface area contributed by atoms with E-state index in [0.717, 1.165) is 11.1 Å². The number of benzene rings is 2. The van der Waals surface area contributed by atoms with Gasteiger partial charge < -0.3 is 0 Å². The first kappa shape index (κ1) is 13.3. The van der Waals surface area contributed by atoms with E-state index in [1.54, 1.807) is 13.0 Å². The number of nitriles is 1. The van der Waals surface area contributed by atoms with Crippen LogP contribution in [0.4, 0.5) is 0 Å². The minimum absolute atomic E-state index is 0.141. The van der Waals surface area contributed by atoms with Crippen LogP contribution >= 0.6 is 0 Å². The second kappa shape index (κ2) is 4.71. The lowest BCUT2D eigenvalue weighted by Gasteiger charge is -2.38. The molecule has 0 heterocycles. The molecule has 1 aliphatic carbocycles. The van der Waals surface area contributed by atoms with E-state index in [0.29, 0.717) is 0 Å². The maximum atomic E-state index is 12.4. The van der Waals surface area contributed by atoms with Gasteiger partial charge in [-0.15, -0.1) is 0 Å². The van der Waals surface area contributed by atoms with Gasteiger partial charge in [-0.25, -0.2) is 0 Å². The lowest BCUT2D eigenvalue weighted by molar-refractivity contribution is -0.120. The molecule has 2 aromatic rings. The maximum Gasteiger partial charge on any atom is 0.176 e. The Hall–Kier alpha value is -2.66. The Balaban J connectivity index is 2.36. The van der Waals surface area contributed by atoms with Crippen molar-refractivity contribution in [1.82, 2.24) is 0 Å². The minimum Gasteiger partial charge on any atom is -0.293 e. The largest absolute Gasteiger partial charge is 0.293 e. The van der Waals surface area contributed by atoms with E-state index in [2.05, 4.69) is 6.07 Å². The molecule has 2 nitrogen and oxygen atoms in total. The molecule has 0 fully saturated rings. The van der Waals surface area contributed by atoms with Crippen LogP contribution in [0.2, 0.25) is 0 Å². The molecule has 1 atom stereocenters. The molecule has 2 aromatic carbocycles. The molecule has 0 radical (unpaired) electrons. The van der Waals surface area contributed by atoms with Crippen LogP contribution in [0, 0.1) is 16.7 Å². The fraction of sp³-hybridized carbons (Fsp3) is 0.158. The Bertz CT molecular complexity index is 701. The average Bonchev–Trinajstić information content (AvgIpc) is 2.83. The Labute approximate surface area is 124 Å². The molecular formula is C19H15NO. The number of hydrogen-bond donors (Lipinski definition) is 0. The number of carbonyl (C=O) groups excluding carboxylic acids is 1. The van der Waals surface area contributed by atoms with Crippen molar-refractivity contribution in [2.24, 2.45) is 5.41 Å². The number of carbonyl (C=O) groups is 1. The highest BCUT2D eigenvalue weighted by Gasteiger charge is 2.56. The lowest BCUT2D eigenvalue weighted by Crippen LogP contribution is -2.43. The molecule has 21 heavy (non-hydrogen) atoms. The number of rotatable bonds is 2. The smallest absolute Gasteiger partial charge is 0.176 e. The quantitative estimate of drug-likeness (QED) is 0.838. The van der Waals surface area contributed by atoms with Crippen LogP contribution in [0.15, 0.2) is 72.8 Å². The second-order valence-corrected chi connectivity index (χ2v) is 5.47. The van der Waals surface area contributed by atoms with E-state index in [-0.39, 0.29) is 5.78 Å². The monoisotopic (exact) mass is 273 g/mol. The molecule has 0 aromatic heterocycles. The van der Waals surface area contributed by atoms with Crippen LogP contribution in [-0.4, -0.2) is 5.78 Å². The molecule has 1 unspecified atom stereocenters. The van der Waals surface area contributed by atoms with Gasteiger partial charge in [-0.05, 0) is 24.1 Å². The van der Waals surface area contributed by atoms with Crippen molar-refractivity contribution >= 4 is 5.78 Å². The summed E-state index contributed by atoms with van der Waals surface area (Å²) in [6.45, 7) is 1.73. The molecule has 0 N–H and O–H groups in total. The van der Waals surface area contributed by atoms with Gasteiger partial charge in [0.1, 0.15) is 5.41 Å². The summed E-state index contributed by atoms with van der Waals surface area (Å²) in [5.41, 5.74) is 0.0570. The van der Waals surface area contributed by atoms with Crippen LogP contribution in [-0.2, 0) is 10.2 Å². The third kappa shape index (κ3) is 1.68. The van der Waals surface area contributed by atoms with Gasteiger partial charge in [-0.3, -0.25) is 4.79 Å². The molecule has 102 valence electrons. The van der Waals surface area contributed by atoms with Crippen molar-refractivity contribution in [2.45, 2.75) is 12.3 Å². The van der Waals surface area contributed by atoms with E-state index < -0.39 is 10.8 Å². The highest BCUT2D eigenvalue weighted by molar-refractivity contribution is 6.02. The first-order valence-corrected chi connectivity index (χ1v) is 6.91. The first-order valence-electron chi connectivity index (χ1n) is 6.91. The first-order chi connectivity index (χ1) is 10.1. The fourth-order valence-electron chi connectivity index (χ4n) is 3.21. The molecule has 3 rings (SSSR count). The van der Waals surface area contributed by atoms with E-state index in [1.807, 2.05) is 66.7 Å². The zero-order chi connectivity index (χ0) is 14.9. The summed E-state index contributed by atoms with van der Waals surface area (Å²) in [6.07, 6.45) is 3.42. The van der Waals surface area contributed by atoms with Gasteiger partial charge in [-0.1, -0.05) is 66.7 Å². The van der Waals surface area contributed by atoms with Crippen LogP contribution in [0.1, 0.15) is 18.1 Å². The third-order valence-electron chi connectivity index (χ3n) is 4.45. The van der Waals surface area contributed by atoms with Gasteiger partial charge >= 0.3 is 0 Å². The Morgan fingerprint density at radius 1 is 0.905 bits per heavy atom. The fourth-order valence-corrected chi connectivity index (χ4v) is 3.21. The molecule has 0 saturated heterocycles. The van der Waals surface area contributed by atoms with Crippen molar-refractivity contribution in [3.63, 3.8) is 0 Å². The molecular weight excluding hydrogens is 258 g/mol. The van der Waals surface area contributed by atoms with Crippen molar-refractivity contribution in [3.05, 3.63) is 83.9 Å². The summed E-state index contributed by atoms with van der Waals surface area (Å²) in [5, 5.41) is 9.74. The van der Waals surface area contributed by atoms with Gasteiger partial charge in [0.15, 0.2) is 5.78 Å². The lowest BCUT2D eigenvalue weighted by atomic mass is 9.60. The van der Waals surface area contributed by atoms with Crippen LogP contribution in [0.25, 0.3) is 0 Å². The van der Waals surface area contributed by atoms with Crippen molar-refractivity contribution < 1.29 is 4.79 Å². The van der Waals surface area contributed by atoms with Gasteiger partial charge in [0, 0.05) is 0 Å². The van der Waals surface area contributed by atoms with Gasteiger partial charge in [0.05, 0.1) is 11.5 Å². The second-order valence-electron chi connectivity index (χ2n) is 5.47. The zero-order valence-corrected chi connectivity index (χ0v) is 11.8. The topological polar surface area (TPSA) is 40.9 Å².